The van der Waals surface area contributed by atoms with Crippen molar-refractivity contribution in [2.45, 2.75) is 63.4 Å². The number of carbonyl (C=O) groups excluding carboxylic acids is 1. The van der Waals surface area contributed by atoms with Crippen LogP contribution in [0.5, 0.6) is 0 Å². The highest BCUT2D eigenvalue weighted by atomic mass is 32.2. The van der Waals surface area contributed by atoms with Crippen LogP contribution in [0.2, 0.25) is 0 Å². The van der Waals surface area contributed by atoms with Gasteiger partial charge in [-0.2, -0.15) is 5.26 Å². The fraction of sp³-hybridized carbons (Fsp3) is 0.379. The Balaban J connectivity index is 1.31. The lowest BCUT2D eigenvalue weighted by Crippen LogP contribution is -2.23. The zero-order valence-electron chi connectivity index (χ0n) is 21.2. The van der Waals surface area contributed by atoms with Crippen LogP contribution in [0.25, 0.3) is 15.9 Å². The summed E-state index contributed by atoms with van der Waals surface area (Å²) in [6.45, 7) is 2.26. The van der Waals surface area contributed by atoms with Crippen molar-refractivity contribution in [2.75, 3.05) is 11.1 Å². The van der Waals surface area contributed by atoms with Crippen molar-refractivity contribution < 1.29 is 4.79 Å². The Bertz CT molecular complexity index is 1630. The molecule has 0 saturated heterocycles. The quantitative estimate of drug-likeness (QED) is 0.171. The van der Waals surface area contributed by atoms with Crippen LogP contribution in [-0.2, 0) is 30.5 Å². The molecule has 1 amide bonds. The number of amides is 1. The van der Waals surface area contributed by atoms with Gasteiger partial charge in [0.05, 0.1) is 22.4 Å². The van der Waals surface area contributed by atoms with E-state index in [2.05, 4.69) is 18.3 Å². The predicted octanol–water partition coefficient (Wildman–Crippen LogP) is 6.50. The molecular weight excluding hydrogens is 533 g/mol. The molecule has 2 aliphatic carbocycles. The molecule has 1 unspecified atom stereocenters. The van der Waals surface area contributed by atoms with Gasteiger partial charge in [0.25, 0.3) is 5.56 Å². The minimum Gasteiger partial charge on any atom is -0.316 e. The summed E-state index contributed by atoms with van der Waals surface area (Å²) in [4.78, 5) is 35.2. The predicted molar refractivity (Wildman–Crippen MR) is 156 cm³/mol. The molecule has 38 heavy (non-hydrogen) atoms. The van der Waals surface area contributed by atoms with Gasteiger partial charge in [0.15, 0.2) is 5.16 Å². The number of rotatable bonds is 5. The summed E-state index contributed by atoms with van der Waals surface area (Å²) in [5, 5.41) is 14.7. The van der Waals surface area contributed by atoms with Gasteiger partial charge in [-0.25, -0.2) is 4.98 Å². The summed E-state index contributed by atoms with van der Waals surface area (Å²) in [5.74, 6) is 0.506. The highest BCUT2D eigenvalue weighted by Crippen LogP contribution is 2.38. The van der Waals surface area contributed by atoms with Crippen LogP contribution in [0.15, 0.2) is 40.3 Å². The Morgan fingerprint density at radius 1 is 1.13 bits per heavy atom. The van der Waals surface area contributed by atoms with Gasteiger partial charge in [0, 0.05) is 9.75 Å². The summed E-state index contributed by atoms with van der Waals surface area (Å²) in [7, 11) is 0. The molecule has 6 nitrogen and oxygen atoms in total. The molecule has 0 bridgehead atoms. The Kier molecular flexibility index (Phi) is 7.12. The topological polar surface area (TPSA) is 87.8 Å². The molecular formula is C29H28N4O2S3. The number of benzene rings is 1. The number of aryl methyl sites for hydroxylation is 2. The second kappa shape index (κ2) is 10.7. The van der Waals surface area contributed by atoms with Crippen molar-refractivity contribution in [3.8, 4) is 11.8 Å². The van der Waals surface area contributed by atoms with Gasteiger partial charge in [0.1, 0.15) is 15.9 Å². The SMILES string of the molecule is CC1CCc2c(sc3nc(SCC(=O)Nc4sc5c(c4C#N)CCCCC5)n(-c4ccccc4)c(=O)c23)C1. The fourth-order valence-electron chi connectivity index (χ4n) is 5.51. The molecule has 1 atom stereocenters. The van der Waals surface area contributed by atoms with E-state index in [0.29, 0.717) is 21.6 Å². The fourth-order valence-corrected chi connectivity index (χ4v) is 9.01. The molecule has 3 heterocycles. The van der Waals surface area contributed by atoms with Crippen LogP contribution in [0.1, 0.15) is 59.1 Å². The van der Waals surface area contributed by atoms with Crippen molar-refractivity contribution in [3.05, 3.63) is 67.1 Å². The van der Waals surface area contributed by atoms with Gasteiger partial charge in [-0.3, -0.25) is 14.2 Å². The van der Waals surface area contributed by atoms with Gasteiger partial charge < -0.3 is 5.32 Å². The van der Waals surface area contributed by atoms with E-state index in [9.17, 15) is 14.9 Å². The lowest BCUT2D eigenvalue weighted by molar-refractivity contribution is -0.113. The molecule has 0 fully saturated rings. The molecule has 1 N–H and O–H groups in total. The van der Waals surface area contributed by atoms with Gasteiger partial charge in [0.2, 0.25) is 5.91 Å². The molecule has 6 rings (SSSR count). The molecule has 1 aromatic carbocycles. The Morgan fingerprint density at radius 2 is 1.95 bits per heavy atom. The highest BCUT2D eigenvalue weighted by molar-refractivity contribution is 7.99. The Morgan fingerprint density at radius 3 is 2.76 bits per heavy atom. The molecule has 0 spiro atoms. The highest BCUT2D eigenvalue weighted by Gasteiger charge is 2.26. The average molecular weight is 561 g/mol. The van der Waals surface area contributed by atoms with E-state index >= 15 is 0 Å². The number of thioether (sulfide) groups is 1. The van der Waals surface area contributed by atoms with E-state index < -0.39 is 0 Å². The van der Waals surface area contributed by atoms with E-state index in [-0.39, 0.29) is 17.2 Å². The minimum atomic E-state index is -0.198. The third kappa shape index (κ3) is 4.70. The maximum Gasteiger partial charge on any atom is 0.267 e. The number of nitrogens with one attached hydrogen (secondary N) is 1. The third-order valence-electron chi connectivity index (χ3n) is 7.43. The largest absolute Gasteiger partial charge is 0.316 e. The van der Waals surface area contributed by atoms with Crippen LogP contribution < -0.4 is 10.9 Å². The van der Waals surface area contributed by atoms with E-state index in [1.54, 1.807) is 15.9 Å². The number of nitrogens with zero attached hydrogens (tertiary/aromatic N) is 3. The maximum atomic E-state index is 13.9. The van der Waals surface area contributed by atoms with Gasteiger partial charge in [-0.1, -0.05) is 43.3 Å². The van der Waals surface area contributed by atoms with Gasteiger partial charge in [-0.15, -0.1) is 22.7 Å². The number of para-hydroxylation sites is 1. The first-order chi connectivity index (χ1) is 18.5. The van der Waals surface area contributed by atoms with E-state index in [1.165, 1.54) is 39.3 Å². The second-order valence-electron chi connectivity index (χ2n) is 10.1. The lowest BCUT2D eigenvalue weighted by Gasteiger charge is -2.17. The number of hydrogen-bond acceptors (Lipinski definition) is 7. The average Bonchev–Trinajstić information content (AvgIpc) is 3.34. The standard InChI is InChI=1S/C29H28N4O2S3/c1-17-12-13-20-23(14-17)38-27-25(20)28(35)33(18-8-4-2-5-9-18)29(32-27)36-16-24(34)31-26-21(15-30)19-10-6-3-7-11-22(19)37-26/h2,4-5,8-9,17H,3,6-7,10-14,16H2,1H3,(H,31,34). The van der Waals surface area contributed by atoms with Gasteiger partial charge >= 0.3 is 0 Å². The molecule has 194 valence electrons. The number of nitriles is 1. The first-order valence-corrected chi connectivity index (χ1v) is 15.8. The zero-order valence-corrected chi connectivity index (χ0v) is 23.7. The number of aromatic nitrogens is 2. The number of anilines is 1. The molecule has 2 aliphatic rings. The third-order valence-corrected chi connectivity index (χ3v) is 10.7. The van der Waals surface area contributed by atoms with Crippen LogP contribution >= 0.6 is 34.4 Å². The van der Waals surface area contributed by atoms with Crippen molar-refractivity contribution in [2.24, 2.45) is 5.92 Å². The molecule has 3 aromatic heterocycles. The first kappa shape index (κ1) is 25.4. The summed E-state index contributed by atoms with van der Waals surface area (Å²) in [5.41, 5.74) is 3.56. The van der Waals surface area contributed by atoms with Crippen LogP contribution in [0.3, 0.4) is 0 Å². The number of fused-ring (bicyclic) bond motifs is 4. The van der Waals surface area contributed by atoms with Crippen molar-refractivity contribution >= 4 is 55.6 Å². The summed E-state index contributed by atoms with van der Waals surface area (Å²) < 4.78 is 1.65. The molecule has 0 aliphatic heterocycles. The Labute approximate surface area is 233 Å². The Hall–Kier alpha value is -2.93. The maximum absolute atomic E-state index is 13.9. The molecule has 9 heteroatoms. The smallest absolute Gasteiger partial charge is 0.267 e. The first-order valence-electron chi connectivity index (χ1n) is 13.1. The van der Waals surface area contributed by atoms with Crippen molar-refractivity contribution in [1.82, 2.24) is 9.55 Å². The monoisotopic (exact) mass is 560 g/mol. The van der Waals surface area contributed by atoms with E-state index in [1.807, 2.05) is 30.3 Å². The van der Waals surface area contributed by atoms with Crippen LogP contribution in [0.4, 0.5) is 5.00 Å². The number of carbonyl (C=O) groups is 1. The van der Waals surface area contributed by atoms with Crippen LogP contribution in [0, 0.1) is 17.2 Å². The molecule has 0 radical (unpaired) electrons. The lowest BCUT2D eigenvalue weighted by atomic mass is 9.89. The summed E-state index contributed by atoms with van der Waals surface area (Å²) in [6.07, 6.45) is 8.22. The number of thiophene rings is 2. The second-order valence-corrected chi connectivity index (χ2v) is 13.3. The van der Waals surface area contributed by atoms with Crippen molar-refractivity contribution in [1.29, 1.82) is 5.26 Å². The summed E-state index contributed by atoms with van der Waals surface area (Å²) in [6, 6.07) is 11.9. The van der Waals surface area contributed by atoms with E-state index in [0.717, 1.165) is 72.0 Å². The van der Waals surface area contributed by atoms with Crippen LogP contribution in [-0.4, -0.2) is 21.2 Å². The summed E-state index contributed by atoms with van der Waals surface area (Å²) >= 11 is 4.42. The van der Waals surface area contributed by atoms with Crippen molar-refractivity contribution in [3.63, 3.8) is 0 Å². The minimum absolute atomic E-state index is 0.0649. The van der Waals surface area contributed by atoms with E-state index in [4.69, 9.17) is 4.98 Å². The molecule has 0 saturated carbocycles. The van der Waals surface area contributed by atoms with Gasteiger partial charge in [-0.05, 0) is 74.1 Å². The molecule has 4 aromatic rings. The normalized spacial score (nSPS) is 16.9. The zero-order chi connectivity index (χ0) is 26.2. The number of hydrogen-bond donors (Lipinski definition) is 1.